The first-order valence-corrected chi connectivity index (χ1v) is 19.9. The normalized spacial score (nSPS) is 20.3. The molecule has 4 aromatic rings. The molecular formula is C48H49ClN3O2+. The molecule has 0 atom stereocenters. The second kappa shape index (κ2) is 14.0. The van der Waals surface area contributed by atoms with Gasteiger partial charge < -0.3 is 4.90 Å². The summed E-state index contributed by atoms with van der Waals surface area (Å²) < 4.78 is 2.46. The van der Waals surface area contributed by atoms with E-state index in [9.17, 15) is 9.59 Å². The van der Waals surface area contributed by atoms with Crippen molar-refractivity contribution in [1.82, 2.24) is 4.90 Å². The maximum absolute atomic E-state index is 13.0. The number of likely N-dealkylation sites (N-methyl/N-ethyl adjacent to an activating group) is 1. The van der Waals surface area contributed by atoms with Crippen LogP contribution in [0.4, 0.5) is 11.4 Å². The molecule has 0 spiro atoms. The SMILES string of the molecule is CCN1/C(=C/C=C2\CCCC(/C=C/C3=[N+](CCCCN4C(=O)c5ccccc5C4=O)c4ccc5ccccc5c4C3(C)C)=C2Cl)C(C)(C)c2ccccc21. The Morgan fingerprint density at radius 1 is 0.759 bits per heavy atom. The smallest absolute Gasteiger partial charge is 0.261 e. The Morgan fingerprint density at radius 3 is 2.22 bits per heavy atom. The topological polar surface area (TPSA) is 43.6 Å². The molecule has 3 heterocycles. The van der Waals surface area contributed by atoms with E-state index in [4.69, 9.17) is 11.6 Å². The Morgan fingerprint density at radius 2 is 1.46 bits per heavy atom. The van der Waals surface area contributed by atoms with Gasteiger partial charge in [0, 0.05) is 59.0 Å². The molecule has 0 aromatic heterocycles. The van der Waals surface area contributed by atoms with Crippen LogP contribution >= 0.6 is 11.6 Å². The van der Waals surface area contributed by atoms with Crippen molar-refractivity contribution in [2.75, 3.05) is 24.5 Å². The first-order valence-electron chi connectivity index (χ1n) is 19.5. The van der Waals surface area contributed by atoms with E-state index in [0.29, 0.717) is 17.7 Å². The van der Waals surface area contributed by atoms with E-state index in [1.54, 1.807) is 12.1 Å². The van der Waals surface area contributed by atoms with E-state index in [-0.39, 0.29) is 22.6 Å². The molecule has 0 saturated carbocycles. The van der Waals surface area contributed by atoms with Crippen LogP contribution in [-0.4, -0.2) is 46.6 Å². The Bertz CT molecular complexity index is 2340. The number of rotatable bonds is 9. The summed E-state index contributed by atoms with van der Waals surface area (Å²) in [6.45, 7) is 13.6. The van der Waals surface area contributed by atoms with E-state index in [2.05, 4.69) is 129 Å². The van der Waals surface area contributed by atoms with Crippen molar-refractivity contribution >= 4 is 51.3 Å². The molecule has 0 radical (unpaired) electrons. The first kappa shape index (κ1) is 36.0. The van der Waals surface area contributed by atoms with Gasteiger partial charge in [-0.05, 0) is 104 Å². The van der Waals surface area contributed by atoms with Crippen LogP contribution in [0, 0.1) is 0 Å². The Balaban J connectivity index is 1.09. The van der Waals surface area contributed by atoms with Crippen LogP contribution < -0.4 is 4.90 Å². The molecule has 4 aliphatic rings. The maximum Gasteiger partial charge on any atom is 0.261 e. The summed E-state index contributed by atoms with van der Waals surface area (Å²) in [4.78, 5) is 29.9. The minimum Gasteiger partial charge on any atom is -0.344 e. The number of para-hydroxylation sites is 1. The van der Waals surface area contributed by atoms with Gasteiger partial charge in [0.1, 0.15) is 6.54 Å². The Labute approximate surface area is 324 Å². The number of unbranched alkanes of at least 4 members (excludes halogenated alkanes) is 1. The highest BCUT2D eigenvalue weighted by Crippen LogP contribution is 2.48. The highest BCUT2D eigenvalue weighted by Gasteiger charge is 2.45. The van der Waals surface area contributed by atoms with Gasteiger partial charge in [-0.2, -0.15) is 4.58 Å². The summed E-state index contributed by atoms with van der Waals surface area (Å²) in [5.41, 5.74) is 10.8. The monoisotopic (exact) mass is 734 g/mol. The summed E-state index contributed by atoms with van der Waals surface area (Å²) in [5, 5.41) is 3.36. The van der Waals surface area contributed by atoms with Gasteiger partial charge in [0.15, 0.2) is 5.71 Å². The molecule has 0 fully saturated rings. The number of anilines is 1. The number of nitrogens with zero attached hydrogens (tertiary/aromatic N) is 3. The third-order valence-corrected chi connectivity index (χ3v) is 12.6. The highest BCUT2D eigenvalue weighted by molar-refractivity contribution is 6.32. The summed E-state index contributed by atoms with van der Waals surface area (Å²) in [6, 6.07) is 29.0. The minimum atomic E-state index is -0.257. The summed E-state index contributed by atoms with van der Waals surface area (Å²) in [6.07, 6.45) is 13.6. The molecule has 2 amide bonds. The molecule has 6 heteroatoms. The van der Waals surface area contributed by atoms with Gasteiger partial charge in [-0.3, -0.25) is 14.5 Å². The van der Waals surface area contributed by atoms with Crippen molar-refractivity contribution in [3.05, 3.63) is 153 Å². The highest BCUT2D eigenvalue weighted by atomic mass is 35.5. The maximum atomic E-state index is 13.0. The van der Waals surface area contributed by atoms with E-state index in [0.717, 1.165) is 50.2 Å². The number of carbonyl (C=O) groups is 2. The van der Waals surface area contributed by atoms with Gasteiger partial charge in [-0.1, -0.05) is 92.2 Å². The van der Waals surface area contributed by atoms with Gasteiger partial charge in [0.25, 0.3) is 11.8 Å². The minimum absolute atomic E-state index is 0.0882. The number of carbonyl (C=O) groups excluding carboxylic acids is 2. The van der Waals surface area contributed by atoms with Crippen LogP contribution in [0.15, 0.2) is 131 Å². The van der Waals surface area contributed by atoms with E-state index < -0.39 is 0 Å². The molecule has 4 aromatic carbocycles. The van der Waals surface area contributed by atoms with Crippen molar-refractivity contribution in [2.45, 2.75) is 77.6 Å². The van der Waals surface area contributed by atoms with Gasteiger partial charge in [0.2, 0.25) is 5.69 Å². The molecule has 0 unspecified atom stereocenters. The predicted molar refractivity (Wildman–Crippen MR) is 222 cm³/mol. The molecule has 5 nitrogen and oxygen atoms in total. The molecule has 274 valence electrons. The van der Waals surface area contributed by atoms with Crippen molar-refractivity contribution in [1.29, 1.82) is 0 Å². The lowest BCUT2D eigenvalue weighted by Crippen LogP contribution is -2.31. The number of amides is 2. The van der Waals surface area contributed by atoms with Crippen LogP contribution in [0.25, 0.3) is 10.8 Å². The fraction of sp³-hybridized carbons (Fsp3) is 0.312. The fourth-order valence-electron chi connectivity index (χ4n) is 9.31. The summed E-state index contributed by atoms with van der Waals surface area (Å²) >= 11 is 7.28. The largest absolute Gasteiger partial charge is 0.344 e. The van der Waals surface area contributed by atoms with Crippen molar-refractivity contribution in [3.63, 3.8) is 0 Å². The quantitative estimate of drug-likeness (QED) is 0.0977. The van der Waals surface area contributed by atoms with Gasteiger partial charge >= 0.3 is 0 Å². The Kier molecular flexibility index (Phi) is 9.34. The third-order valence-electron chi connectivity index (χ3n) is 12.1. The standard InChI is InChI=1S/C48H49ClN3O2/c1-6-50-39-23-12-11-22-38(39)47(2,3)41(50)28-25-33-17-15-18-34(44(33)49)26-29-42-48(4,5)43-35-19-8-7-16-32(35)24-27-40(43)51(42)30-13-14-31-52-45(53)36-20-9-10-21-37(36)46(52)54/h7-12,16,19-29H,6,13-15,17-18,30-31H2,1-5H3/q+1. The number of imide groups is 1. The molecule has 1 aliphatic carbocycles. The molecule has 54 heavy (non-hydrogen) atoms. The molecule has 0 bridgehead atoms. The van der Waals surface area contributed by atoms with Crippen LogP contribution in [0.2, 0.25) is 0 Å². The van der Waals surface area contributed by atoms with Crippen LogP contribution in [0.5, 0.6) is 0 Å². The second-order valence-electron chi connectivity index (χ2n) is 16.0. The average Bonchev–Trinajstić information content (AvgIpc) is 3.65. The summed E-state index contributed by atoms with van der Waals surface area (Å²) in [7, 11) is 0. The van der Waals surface area contributed by atoms with E-state index >= 15 is 0 Å². The lowest BCUT2D eigenvalue weighted by molar-refractivity contribution is -0.438. The number of fused-ring (bicyclic) bond motifs is 5. The zero-order valence-corrected chi connectivity index (χ0v) is 32.8. The number of halogens is 1. The average molecular weight is 735 g/mol. The van der Waals surface area contributed by atoms with Crippen LogP contribution in [-0.2, 0) is 10.8 Å². The van der Waals surface area contributed by atoms with Crippen LogP contribution in [0.1, 0.15) is 98.6 Å². The molecule has 8 rings (SSSR count). The molecular weight excluding hydrogens is 686 g/mol. The zero-order chi connectivity index (χ0) is 37.8. The lowest BCUT2D eigenvalue weighted by atomic mass is 9.79. The Hall–Kier alpha value is -5.00. The number of hydrogen-bond donors (Lipinski definition) is 0. The lowest BCUT2D eigenvalue weighted by Gasteiger charge is -2.26. The molecule has 3 aliphatic heterocycles. The number of hydrogen-bond acceptors (Lipinski definition) is 3. The van der Waals surface area contributed by atoms with Crippen molar-refractivity contribution in [3.8, 4) is 0 Å². The molecule has 0 N–H and O–H groups in total. The first-order chi connectivity index (χ1) is 26.0. The van der Waals surface area contributed by atoms with Gasteiger partial charge in [-0.15, -0.1) is 0 Å². The number of benzene rings is 4. The fourth-order valence-corrected chi connectivity index (χ4v) is 9.62. The van der Waals surface area contributed by atoms with E-state index in [1.807, 2.05) is 12.1 Å². The zero-order valence-electron chi connectivity index (χ0n) is 32.1. The van der Waals surface area contributed by atoms with Crippen molar-refractivity contribution < 1.29 is 14.2 Å². The third kappa shape index (κ3) is 5.88. The van der Waals surface area contributed by atoms with Crippen molar-refractivity contribution in [2.24, 2.45) is 0 Å². The van der Waals surface area contributed by atoms with Gasteiger partial charge in [0.05, 0.1) is 16.5 Å². The second-order valence-corrected chi connectivity index (χ2v) is 16.4. The summed E-state index contributed by atoms with van der Waals surface area (Å²) in [5.74, 6) is -0.376. The van der Waals surface area contributed by atoms with Gasteiger partial charge in [-0.25, -0.2) is 0 Å². The number of allylic oxidation sites excluding steroid dienone is 8. The predicted octanol–water partition coefficient (Wildman–Crippen LogP) is 11.2. The van der Waals surface area contributed by atoms with Crippen LogP contribution in [0.3, 0.4) is 0 Å². The molecule has 0 saturated heterocycles. The van der Waals surface area contributed by atoms with E-state index in [1.165, 1.54) is 60.7 Å².